The van der Waals surface area contributed by atoms with Gasteiger partial charge in [0.25, 0.3) is 5.69 Å². The number of aryl methyl sites for hydroxylation is 1. The predicted octanol–water partition coefficient (Wildman–Crippen LogP) is 2.77. The molecule has 9 heteroatoms. The van der Waals surface area contributed by atoms with Crippen molar-refractivity contribution in [3.8, 4) is 0 Å². The average Bonchev–Trinajstić information content (AvgIpc) is 2.68. The Hall–Kier alpha value is -3.20. The van der Waals surface area contributed by atoms with Gasteiger partial charge in [0.15, 0.2) is 6.61 Å². The molecule has 1 aliphatic heterocycles. The molecular formula is C19H16N2O6S. The number of carbonyl (C=O) groups is 3. The number of fused-ring (bicyclic) bond motifs is 1. The first-order valence-corrected chi connectivity index (χ1v) is 9.31. The van der Waals surface area contributed by atoms with Crippen molar-refractivity contribution < 1.29 is 24.0 Å². The van der Waals surface area contributed by atoms with Crippen molar-refractivity contribution in [2.45, 2.75) is 11.8 Å². The van der Waals surface area contributed by atoms with Crippen molar-refractivity contribution in [3.05, 3.63) is 63.7 Å². The highest BCUT2D eigenvalue weighted by molar-refractivity contribution is 8.00. The second kappa shape index (κ2) is 8.22. The summed E-state index contributed by atoms with van der Waals surface area (Å²) in [5.74, 6) is -1.29. The minimum Gasteiger partial charge on any atom is -0.456 e. The number of thioether (sulfide) groups is 1. The molecule has 0 fully saturated rings. The normalized spacial score (nSPS) is 13.0. The molecule has 2 aromatic rings. The van der Waals surface area contributed by atoms with E-state index in [2.05, 4.69) is 0 Å². The van der Waals surface area contributed by atoms with Crippen molar-refractivity contribution >= 4 is 40.8 Å². The first-order valence-electron chi connectivity index (χ1n) is 8.33. The van der Waals surface area contributed by atoms with E-state index in [4.69, 9.17) is 4.74 Å². The van der Waals surface area contributed by atoms with Crippen LogP contribution in [-0.4, -0.2) is 41.5 Å². The molecule has 0 saturated carbocycles. The summed E-state index contributed by atoms with van der Waals surface area (Å²) >= 11 is 1.40. The maximum absolute atomic E-state index is 12.2. The summed E-state index contributed by atoms with van der Waals surface area (Å²) in [5, 5.41) is 11.0. The lowest BCUT2D eigenvalue weighted by Crippen LogP contribution is -2.40. The van der Waals surface area contributed by atoms with Crippen molar-refractivity contribution in [2.24, 2.45) is 0 Å². The number of anilines is 1. The van der Waals surface area contributed by atoms with E-state index < -0.39 is 23.3 Å². The van der Waals surface area contributed by atoms with Crippen molar-refractivity contribution in [1.82, 2.24) is 0 Å². The van der Waals surface area contributed by atoms with Gasteiger partial charge in [0, 0.05) is 22.1 Å². The number of nitro benzene ring substituents is 1. The summed E-state index contributed by atoms with van der Waals surface area (Å²) in [7, 11) is 0. The van der Waals surface area contributed by atoms with Crippen LogP contribution < -0.4 is 4.90 Å². The van der Waals surface area contributed by atoms with E-state index in [-0.39, 0.29) is 29.5 Å². The number of ketones is 1. The minimum absolute atomic E-state index is 0.0842. The molecule has 1 heterocycles. The van der Waals surface area contributed by atoms with Gasteiger partial charge in [-0.15, -0.1) is 11.8 Å². The van der Waals surface area contributed by atoms with Crippen LogP contribution in [0.3, 0.4) is 0 Å². The second-order valence-corrected chi connectivity index (χ2v) is 7.10. The number of nitrogens with zero attached hydrogens (tertiary/aromatic N) is 2. The SMILES string of the molecule is Cc1ccc(C(=O)COC(=O)CN2C(=O)CSc3ccccc32)cc1[N+](=O)[O-]. The Morgan fingerprint density at radius 2 is 2.00 bits per heavy atom. The van der Waals surface area contributed by atoms with Crippen LogP contribution in [0.5, 0.6) is 0 Å². The van der Waals surface area contributed by atoms with Crippen LogP contribution >= 0.6 is 11.8 Å². The summed E-state index contributed by atoms with van der Waals surface area (Å²) in [6.45, 7) is 0.702. The van der Waals surface area contributed by atoms with E-state index in [1.807, 2.05) is 12.1 Å². The number of hydrogen-bond acceptors (Lipinski definition) is 7. The third-order valence-corrected chi connectivity index (χ3v) is 5.24. The number of hydrogen-bond donors (Lipinski definition) is 0. The van der Waals surface area contributed by atoms with Crippen LogP contribution in [0.2, 0.25) is 0 Å². The first-order chi connectivity index (χ1) is 13.4. The van der Waals surface area contributed by atoms with Crippen LogP contribution in [0, 0.1) is 17.0 Å². The molecule has 0 aliphatic carbocycles. The largest absolute Gasteiger partial charge is 0.456 e. The highest BCUT2D eigenvalue weighted by atomic mass is 32.2. The van der Waals surface area contributed by atoms with Crippen LogP contribution in [0.25, 0.3) is 0 Å². The number of carbonyl (C=O) groups excluding carboxylic acids is 3. The lowest BCUT2D eigenvalue weighted by atomic mass is 10.1. The predicted molar refractivity (Wildman–Crippen MR) is 103 cm³/mol. The molecule has 0 atom stereocenters. The molecule has 8 nitrogen and oxygen atoms in total. The molecule has 1 aliphatic rings. The van der Waals surface area contributed by atoms with Gasteiger partial charge in [-0.05, 0) is 19.1 Å². The Bertz CT molecular complexity index is 975. The molecule has 28 heavy (non-hydrogen) atoms. The number of para-hydroxylation sites is 1. The minimum atomic E-state index is -0.731. The van der Waals surface area contributed by atoms with Gasteiger partial charge in [0.05, 0.1) is 16.4 Å². The lowest BCUT2D eigenvalue weighted by Gasteiger charge is -2.27. The van der Waals surface area contributed by atoms with Crippen molar-refractivity contribution in [3.63, 3.8) is 0 Å². The van der Waals surface area contributed by atoms with Gasteiger partial charge >= 0.3 is 5.97 Å². The molecule has 0 radical (unpaired) electrons. The zero-order valence-electron chi connectivity index (χ0n) is 14.9. The van der Waals surface area contributed by atoms with Crippen LogP contribution in [0.15, 0.2) is 47.4 Å². The van der Waals surface area contributed by atoms with Gasteiger partial charge in [0.1, 0.15) is 6.54 Å². The summed E-state index contributed by atoms with van der Waals surface area (Å²) in [6, 6.07) is 11.3. The monoisotopic (exact) mass is 400 g/mol. The fraction of sp³-hybridized carbons (Fsp3) is 0.211. The summed E-state index contributed by atoms with van der Waals surface area (Å²) in [5.41, 5.74) is 0.964. The summed E-state index contributed by atoms with van der Waals surface area (Å²) in [4.78, 5) is 49.1. The van der Waals surface area contributed by atoms with Crippen molar-refractivity contribution in [1.29, 1.82) is 0 Å². The van der Waals surface area contributed by atoms with E-state index >= 15 is 0 Å². The molecule has 0 spiro atoms. The summed E-state index contributed by atoms with van der Waals surface area (Å²) in [6.07, 6.45) is 0. The van der Waals surface area contributed by atoms with E-state index in [1.165, 1.54) is 28.8 Å². The third-order valence-electron chi connectivity index (χ3n) is 4.19. The van der Waals surface area contributed by atoms with E-state index in [0.717, 1.165) is 11.0 Å². The van der Waals surface area contributed by atoms with Gasteiger partial charge in [-0.1, -0.05) is 24.3 Å². The maximum Gasteiger partial charge on any atom is 0.326 e. The Kier molecular flexibility index (Phi) is 5.74. The maximum atomic E-state index is 12.2. The number of esters is 1. The highest BCUT2D eigenvalue weighted by Crippen LogP contribution is 2.34. The zero-order valence-corrected chi connectivity index (χ0v) is 15.7. The number of amides is 1. The van der Waals surface area contributed by atoms with Gasteiger partial charge in [-0.25, -0.2) is 0 Å². The van der Waals surface area contributed by atoms with Crippen molar-refractivity contribution in [2.75, 3.05) is 23.8 Å². The molecule has 2 aromatic carbocycles. The first kappa shape index (κ1) is 19.6. The number of Topliss-reactive ketones (excluding diaryl/α,β-unsaturated/α-hetero) is 1. The standard InChI is InChI=1S/C19H16N2O6S/c1-12-6-7-13(8-15(12)21(25)26)16(22)10-27-19(24)9-20-14-4-2-3-5-17(14)28-11-18(20)23/h2-8H,9-11H2,1H3. The zero-order chi connectivity index (χ0) is 20.3. The Balaban J connectivity index is 1.63. The van der Waals surface area contributed by atoms with E-state index in [1.54, 1.807) is 19.1 Å². The van der Waals surface area contributed by atoms with Crippen LogP contribution in [-0.2, 0) is 14.3 Å². The van der Waals surface area contributed by atoms with Gasteiger partial charge in [-0.3, -0.25) is 29.4 Å². The Labute approximate surface area is 164 Å². The molecule has 3 rings (SSSR count). The van der Waals surface area contributed by atoms with Gasteiger partial charge < -0.3 is 4.74 Å². The molecule has 144 valence electrons. The third kappa shape index (κ3) is 4.20. The quantitative estimate of drug-likeness (QED) is 0.318. The Morgan fingerprint density at radius 1 is 1.25 bits per heavy atom. The molecule has 1 amide bonds. The fourth-order valence-electron chi connectivity index (χ4n) is 2.71. The van der Waals surface area contributed by atoms with Gasteiger partial charge in [-0.2, -0.15) is 0 Å². The molecule has 0 N–H and O–H groups in total. The van der Waals surface area contributed by atoms with Gasteiger partial charge in [0.2, 0.25) is 11.7 Å². The van der Waals surface area contributed by atoms with E-state index in [0.29, 0.717) is 11.3 Å². The molecule has 0 saturated heterocycles. The number of benzene rings is 2. The highest BCUT2D eigenvalue weighted by Gasteiger charge is 2.27. The second-order valence-electron chi connectivity index (χ2n) is 6.08. The number of rotatable bonds is 6. The topological polar surface area (TPSA) is 107 Å². The molecule has 0 aromatic heterocycles. The van der Waals surface area contributed by atoms with Crippen LogP contribution in [0.4, 0.5) is 11.4 Å². The fourth-order valence-corrected chi connectivity index (χ4v) is 3.65. The average molecular weight is 400 g/mol. The lowest BCUT2D eigenvalue weighted by molar-refractivity contribution is -0.385. The molecular weight excluding hydrogens is 384 g/mol. The number of nitro groups is 1. The molecule has 0 unspecified atom stereocenters. The molecule has 0 bridgehead atoms. The summed E-state index contributed by atoms with van der Waals surface area (Å²) < 4.78 is 5.00. The number of ether oxygens (including phenoxy) is 1. The van der Waals surface area contributed by atoms with E-state index in [9.17, 15) is 24.5 Å². The van der Waals surface area contributed by atoms with Crippen LogP contribution in [0.1, 0.15) is 15.9 Å². The Morgan fingerprint density at radius 3 is 2.75 bits per heavy atom. The smallest absolute Gasteiger partial charge is 0.326 e.